The van der Waals surface area contributed by atoms with Crippen molar-refractivity contribution in [1.82, 2.24) is 0 Å². The minimum atomic E-state index is -3.32. The number of cyclic esters (lactones) is 2. The first-order chi connectivity index (χ1) is 10.1. The second-order valence-electron chi connectivity index (χ2n) is 8.00. The molecule has 0 aromatic carbocycles. The van der Waals surface area contributed by atoms with Gasteiger partial charge in [-0.15, -0.1) is 0 Å². The van der Waals surface area contributed by atoms with Gasteiger partial charge >= 0.3 is 19.5 Å². The Hall–Kier alpha value is -0.710. The Morgan fingerprint density at radius 2 is 1.50 bits per heavy atom. The Morgan fingerprint density at radius 3 is 2.09 bits per heavy atom. The Balaban J connectivity index is 1.66. The van der Waals surface area contributed by atoms with E-state index in [1.807, 2.05) is 27.7 Å². The molecule has 4 aliphatic rings. The van der Waals surface area contributed by atoms with E-state index in [0.717, 1.165) is 6.42 Å². The number of fused-ring (bicyclic) bond motifs is 5. The summed E-state index contributed by atoms with van der Waals surface area (Å²) in [5, 5.41) is 0. The molecule has 2 aliphatic carbocycles. The van der Waals surface area contributed by atoms with E-state index in [4.69, 9.17) is 13.8 Å². The van der Waals surface area contributed by atoms with Crippen molar-refractivity contribution < 1.29 is 27.9 Å². The highest BCUT2D eigenvalue weighted by molar-refractivity contribution is 7.55. The fourth-order valence-electron chi connectivity index (χ4n) is 4.60. The van der Waals surface area contributed by atoms with Crippen LogP contribution >= 0.6 is 7.60 Å². The lowest BCUT2D eigenvalue weighted by Crippen LogP contribution is -2.41. The summed E-state index contributed by atoms with van der Waals surface area (Å²) in [7, 11) is -3.32. The molecular formula is C15H21O6P. The third kappa shape index (κ3) is 1.66. The van der Waals surface area contributed by atoms with Crippen LogP contribution in [0.15, 0.2) is 0 Å². The Morgan fingerprint density at radius 1 is 0.955 bits per heavy atom. The van der Waals surface area contributed by atoms with E-state index >= 15 is 0 Å². The minimum absolute atomic E-state index is 0.0591. The zero-order valence-corrected chi connectivity index (χ0v) is 14.1. The predicted octanol–water partition coefficient (Wildman–Crippen LogP) is 2.51. The second-order valence-corrected chi connectivity index (χ2v) is 10.1. The van der Waals surface area contributed by atoms with Crippen molar-refractivity contribution in [2.24, 2.45) is 23.7 Å². The number of carbonyl (C=O) groups excluding carboxylic acids is 2. The molecule has 4 fully saturated rings. The molecule has 0 amide bonds. The van der Waals surface area contributed by atoms with Crippen LogP contribution in [0.5, 0.6) is 0 Å². The number of rotatable bonds is 1. The Labute approximate surface area is 129 Å². The summed E-state index contributed by atoms with van der Waals surface area (Å²) >= 11 is 0. The molecule has 2 bridgehead atoms. The summed E-state index contributed by atoms with van der Waals surface area (Å²) in [4.78, 5) is 23.8. The molecule has 4 rings (SSSR count). The summed E-state index contributed by atoms with van der Waals surface area (Å²) in [6, 6.07) is 0. The molecular weight excluding hydrogens is 307 g/mol. The van der Waals surface area contributed by atoms with Crippen LogP contribution in [-0.4, -0.2) is 28.8 Å². The van der Waals surface area contributed by atoms with Gasteiger partial charge in [0.25, 0.3) is 0 Å². The smallest absolute Gasteiger partial charge is 0.335 e. The van der Waals surface area contributed by atoms with Crippen LogP contribution in [0.4, 0.5) is 0 Å². The molecule has 2 saturated heterocycles. The van der Waals surface area contributed by atoms with Gasteiger partial charge in [0.2, 0.25) is 0 Å². The van der Waals surface area contributed by atoms with Crippen LogP contribution < -0.4 is 0 Å². The molecule has 22 heavy (non-hydrogen) atoms. The molecule has 5 atom stereocenters. The molecule has 2 aliphatic heterocycles. The molecule has 2 heterocycles. The van der Waals surface area contributed by atoms with Crippen molar-refractivity contribution in [1.29, 1.82) is 0 Å². The van der Waals surface area contributed by atoms with Crippen LogP contribution in [0.2, 0.25) is 0 Å². The van der Waals surface area contributed by atoms with E-state index in [1.165, 1.54) is 0 Å². The van der Waals surface area contributed by atoms with Crippen LogP contribution in [-0.2, 0) is 27.9 Å². The van der Waals surface area contributed by atoms with Crippen molar-refractivity contribution in [2.45, 2.75) is 57.4 Å². The summed E-state index contributed by atoms with van der Waals surface area (Å²) in [6.45, 7) is 7.48. The maximum absolute atomic E-state index is 13.3. The van der Waals surface area contributed by atoms with E-state index in [0.29, 0.717) is 6.42 Å². The lowest BCUT2D eigenvalue weighted by atomic mass is 9.81. The van der Waals surface area contributed by atoms with E-state index in [2.05, 4.69) is 0 Å². The molecule has 7 heteroatoms. The summed E-state index contributed by atoms with van der Waals surface area (Å²) in [6.07, 6.45) is 1.34. The number of hydrogen-bond donors (Lipinski definition) is 0. The molecule has 0 N–H and O–H groups in total. The van der Waals surface area contributed by atoms with Gasteiger partial charge in [-0.3, -0.25) is 23.2 Å². The molecule has 0 unspecified atom stereocenters. The van der Waals surface area contributed by atoms with E-state index in [-0.39, 0.29) is 23.4 Å². The van der Waals surface area contributed by atoms with Crippen molar-refractivity contribution in [3.8, 4) is 0 Å². The van der Waals surface area contributed by atoms with Gasteiger partial charge in [-0.25, -0.2) is 0 Å². The van der Waals surface area contributed by atoms with Crippen LogP contribution in [0.3, 0.4) is 0 Å². The first-order valence-electron chi connectivity index (χ1n) is 7.82. The Bertz CT molecular complexity index is 604. The molecule has 122 valence electrons. The summed E-state index contributed by atoms with van der Waals surface area (Å²) in [5.74, 6) is -1.75. The first kappa shape index (κ1) is 14.9. The first-order valence-corrected chi connectivity index (χ1v) is 9.44. The average Bonchev–Trinajstić information content (AvgIpc) is 3.02. The topological polar surface area (TPSA) is 78.9 Å². The van der Waals surface area contributed by atoms with Gasteiger partial charge in [-0.05, 0) is 52.4 Å². The SMILES string of the molecule is CC1(C)OP(=O)([C@H]2C[C@H]3C[C@@H]2[C@@H]2C(=O)OC(=O)[C@H]32)OC1(C)C. The van der Waals surface area contributed by atoms with Gasteiger partial charge in [0.05, 0.1) is 17.5 Å². The third-order valence-electron chi connectivity index (χ3n) is 6.28. The normalized spacial score (nSPS) is 46.8. The molecule has 0 aromatic heterocycles. The average molecular weight is 328 g/mol. The maximum atomic E-state index is 13.3. The molecule has 0 radical (unpaired) electrons. The van der Waals surface area contributed by atoms with Gasteiger partial charge in [-0.1, -0.05) is 0 Å². The zero-order valence-electron chi connectivity index (χ0n) is 13.2. The number of carbonyl (C=O) groups is 2. The largest absolute Gasteiger partial charge is 0.393 e. The van der Waals surface area contributed by atoms with E-state index in [9.17, 15) is 14.2 Å². The monoisotopic (exact) mass is 328 g/mol. The van der Waals surface area contributed by atoms with Crippen LogP contribution in [0.1, 0.15) is 40.5 Å². The van der Waals surface area contributed by atoms with Crippen molar-refractivity contribution in [3.63, 3.8) is 0 Å². The van der Waals surface area contributed by atoms with Crippen LogP contribution in [0.25, 0.3) is 0 Å². The van der Waals surface area contributed by atoms with Gasteiger partial charge in [0.1, 0.15) is 11.2 Å². The standard InChI is InChI=1S/C15H21O6P/c1-14(2)15(3,4)21-22(18,20-14)9-6-7-5-8(9)11-10(7)12(16)19-13(11)17/h7-11H,5-6H2,1-4H3/t7-,8+,9+,10-,11+/m1/s1. The quantitative estimate of drug-likeness (QED) is 0.418. The van der Waals surface area contributed by atoms with E-state index in [1.54, 1.807) is 0 Å². The number of esters is 2. The highest BCUT2D eigenvalue weighted by Crippen LogP contribution is 2.74. The predicted molar refractivity (Wildman–Crippen MR) is 76.0 cm³/mol. The Kier molecular flexibility index (Phi) is 2.72. The number of hydrogen-bond acceptors (Lipinski definition) is 6. The van der Waals surface area contributed by atoms with Gasteiger partial charge in [0, 0.05) is 0 Å². The fraction of sp³-hybridized carbons (Fsp3) is 0.867. The van der Waals surface area contributed by atoms with Crippen molar-refractivity contribution >= 4 is 19.5 Å². The molecule has 2 saturated carbocycles. The van der Waals surface area contributed by atoms with Crippen molar-refractivity contribution in [3.05, 3.63) is 0 Å². The highest BCUT2D eigenvalue weighted by atomic mass is 31.2. The van der Waals surface area contributed by atoms with Gasteiger partial charge < -0.3 is 4.74 Å². The third-order valence-corrected chi connectivity index (χ3v) is 9.11. The lowest BCUT2D eigenvalue weighted by Gasteiger charge is -2.30. The van der Waals surface area contributed by atoms with Gasteiger partial charge in [-0.2, -0.15) is 0 Å². The van der Waals surface area contributed by atoms with Gasteiger partial charge in [0.15, 0.2) is 0 Å². The molecule has 0 spiro atoms. The molecule has 6 nitrogen and oxygen atoms in total. The van der Waals surface area contributed by atoms with Crippen molar-refractivity contribution in [2.75, 3.05) is 0 Å². The summed E-state index contributed by atoms with van der Waals surface area (Å²) in [5.41, 5.74) is -1.62. The molecule has 0 aromatic rings. The summed E-state index contributed by atoms with van der Waals surface area (Å²) < 4.78 is 29.9. The highest BCUT2D eigenvalue weighted by Gasteiger charge is 2.69. The number of ether oxygens (including phenoxy) is 1. The maximum Gasteiger partial charge on any atom is 0.335 e. The lowest BCUT2D eigenvalue weighted by molar-refractivity contribution is -0.154. The fourth-order valence-corrected chi connectivity index (χ4v) is 7.92. The van der Waals surface area contributed by atoms with Crippen LogP contribution in [0, 0.1) is 23.7 Å². The second kappa shape index (κ2) is 4.03. The van der Waals surface area contributed by atoms with E-state index < -0.39 is 36.7 Å². The minimum Gasteiger partial charge on any atom is -0.393 e. The zero-order chi connectivity index (χ0) is 16.1.